The molecule has 2 N–H and O–H groups in total. The Labute approximate surface area is 140 Å². The maximum atomic E-state index is 12.7. The molecule has 118 valence electrons. The molecule has 2 rings (SSSR count). The molecule has 0 radical (unpaired) electrons. The molecule has 4 nitrogen and oxygen atoms in total. The quantitative estimate of drug-likeness (QED) is 0.881. The SMILES string of the molecule is COC1CCN(C(=O)c2ccc(C)cc2Br)C(CN)C1.Cl. The lowest BCUT2D eigenvalue weighted by molar-refractivity contribution is 0.0138. The molecule has 2 atom stereocenters. The van der Waals surface area contributed by atoms with Gasteiger partial charge in [0.2, 0.25) is 0 Å². The molecule has 0 aliphatic carbocycles. The number of amides is 1. The van der Waals surface area contributed by atoms with Gasteiger partial charge in [0.15, 0.2) is 0 Å². The van der Waals surface area contributed by atoms with Gasteiger partial charge in [-0.1, -0.05) is 6.07 Å². The van der Waals surface area contributed by atoms with Gasteiger partial charge in [-0.2, -0.15) is 0 Å². The Morgan fingerprint density at radius 2 is 2.24 bits per heavy atom. The second-order valence-electron chi connectivity index (χ2n) is 5.25. The summed E-state index contributed by atoms with van der Waals surface area (Å²) in [6.07, 6.45) is 1.87. The zero-order valence-electron chi connectivity index (χ0n) is 12.3. The third-order valence-corrected chi connectivity index (χ3v) is 4.55. The number of carbonyl (C=O) groups excluding carboxylic acids is 1. The van der Waals surface area contributed by atoms with E-state index in [4.69, 9.17) is 10.5 Å². The van der Waals surface area contributed by atoms with E-state index in [1.54, 1.807) is 7.11 Å². The van der Waals surface area contributed by atoms with Crippen LogP contribution in [0.5, 0.6) is 0 Å². The van der Waals surface area contributed by atoms with Gasteiger partial charge in [0.05, 0.1) is 11.7 Å². The molecule has 1 saturated heterocycles. The Hall–Kier alpha value is -0.620. The number of rotatable bonds is 3. The van der Waals surface area contributed by atoms with Crippen LogP contribution in [0, 0.1) is 6.92 Å². The number of ether oxygens (including phenoxy) is 1. The zero-order chi connectivity index (χ0) is 14.7. The number of halogens is 2. The number of likely N-dealkylation sites (tertiary alicyclic amines) is 1. The van der Waals surface area contributed by atoms with Crippen LogP contribution in [0.4, 0.5) is 0 Å². The fraction of sp³-hybridized carbons (Fsp3) is 0.533. The number of nitrogens with zero attached hydrogens (tertiary/aromatic N) is 1. The fourth-order valence-corrected chi connectivity index (χ4v) is 3.33. The van der Waals surface area contributed by atoms with Crippen LogP contribution < -0.4 is 5.73 Å². The van der Waals surface area contributed by atoms with Gasteiger partial charge < -0.3 is 15.4 Å². The van der Waals surface area contributed by atoms with E-state index in [-0.39, 0.29) is 30.5 Å². The van der Waals surface area contributed by atoms with Crippen LogP contribution in [-0.4, -0.2) is 43.2 Å². The number of hydrogen-bond donors (Lipinski definition) is 1. The van der Waals surface area contributed by atoms with E-state index in [1.807, 2.05) is 30.0 Å². The summed E-state index contributed by atoms with van der Waals surface area (Å²) in [6.45, 7) is 3.17. The maximum Gasteiger partial charge on any atom is 0.255 e. The van der Waals surface area contributed by atoms with Gasteiger partial charge in [-0.15, -0.1) is 12.4 Å². The fourth-order valence-electron chi connectivity index (χ4n) is 2.67. The van der Waals surface area contributed by atoms with Crippen molar-refractivity contribution in [1.82, 2.24) is 4.90 Å². The smallest absolute Gasteiger partial charge is 0.255 e. The number of hydrogen-bond acceptors (Lipinski definition) is 3. The van der Waals surface area contributed by atoms with Crippen molar-refractivity contribution in [1.29, 1.82) is 0 Å². The van der Waals surface area contributed by atoms with Crippen molar-refractivity contribution in [2.45, 2.75) is 31.9 Å². The lowest BCUT2D eigenvalue weighted by atomic mass is 9.98. The summed E-state index contributed by atoms with van der Waals surface area (Å²) in [6, 6.07) is 5.84. The van der Waals surface area contributed by atoms with Crippen molar-refractivity contribution in [3.63, 3.8) is 0 Å². The topological polar surface area (TPSA) is 55.6 Å². The van der Waals surface area contributed by atoms with Crippen molar-refractivity contribution in [3.05, 3.63) is 33.8 Å². The molecule has 0 bridgehead atoms. The minimum Gasteiger partial charge on any atom is -0.381 e. The molecule has 0 aromatic heterocycles. The molecule has 1 heterocycles. The van der Waals surface area contributed by atoms with Gasteiger partial charge in [-0.05, 0) is 53.4 Å². The van der Waals surface area contributed by atoms with Gasteiger partial charge >= 0.3 is 0 Å². The largest absolute Gasteiger partial charge is 0.381 e. The summed E-state index contributed by atoms with van der Waals surface area (Å²) in [5.41, 5.74) is 7.65. The predicted octanol–water partition coefficient (Wildman–Crippen LogP) is 2.76. The highest BCUT2D eigenvalue weighted by Crippen LogP contribution is 2.25. The van der Waals surface area contributed by atoms with Crippen LogP contribution in [-0.2, 0) is 4.74 Å². The van der Waals surface area contributed by atoms with Gasteiger partial charge in [0, 0.05) is 30.7 Å². The van der Waals surface area contributed by atoms with Gasteiger partial charge in [-0.25, -0.2) is 0 Å². The molecule has 21 heavy (non-hydrogen) atoms. The van der Waals surface area contributed by atoms with E-state index in [1.165, 1.54) is 0 Å². The standard InChI is InChI=1S/C15H21BrN2O2.ClH/c1-10-3-4-13(14(16)7-10)15(19)18-6-5-12(20-2)8-11(18)9-17;/h3-4,7,11-12H,5-6,8-9,17H2,1-2H3;1H. The predicted molar refractivity (Wildman–Crippen MR) is 90.0 cm³/mol. The van der Waals surface area contributed by atoms with Crippen molar-refractivity contribution < 1.29 is 9.53 Å². The number of nitrogens with two attached hydrogens (primary N) is 1. The highest BCUT2D eigenvalue weighted by Gasteiger charge is 2.31. The Balaban J connectivity index is 0.00000220. The number of benzene rings is 1. The molecule has 6 heteroatoms. The third kappa shape index (κ3) is 4.19. The second kappa shape index (κ2) is 8.13. The van der Waals surface area contributed by atoms with Crippen LogP contribution in [0.3, 0.4) is 0 Å². The Morgan fingerprint density at radius 1 is 1.52 bits per heavy atom. The van der Waals surface area contributed by atoms with Crippen molar-refractivity contribution in [3.8, 4) is 0 Å². The first-order valence-corrected chi connectivity index (χ1v) is 7.66. The summed E-state index contributed by atoms with van der Waals surface area (Å²) in [5.74, 6) is 0.0434. The molecule has 1 aliphatic heterocycles. The number of piperidine rings is 1. The van der Waals surface area contributed by atoms with Crippen LogP contribution in [0.1, 0.15) is 28.8 Å². The van der Waals surface area contributed by atoms with E-state index in [0.29, 0.717) is 18.7 Å². The van der Waals surface area contributed by atoms with Gasteiger partial charge in [0.1, 0.15) is 0 Å². The number of aryl methyl sites for hydroxylation is 1. The first-order chi connectivity index (χ1) is 9.56. The van der Waals surface area contributed by atoms with Gasteiger partial charge in [0.25, 0.3) is 5.91 Å². The van der Waals surface area contributed by atoms with E-state index in [2.05, 4.69) is 15.9 Å². The molecule has 1 amide bonds. The summed E-state index contributed by atoms with van der Waals surface area (Å²) in [5, 5.41) is 0. The summed E-state index contributed by atoms with van der Waals surface area (Å²) < 4.78 is 6.23. The monoisotopic (exact) mass is 376 g/mol. The van der Waals surface area contributed by atoms with Crippen LogP contribution in [0.25, 0.3) is 0 Å². The van der Waals surface area contributed by atoms with E-state index >= 15 is 0 Å². The first kappa shape index (κ1) is 18.4. The van der Waals surface area contributed by atoms with Crippen LogP contribution in [0.2, 0.25) is 0 Å². The molecule has 0 saturated carbocycles. The highest BCUT2D eigenvalue weighted by atomic mass is 79.9. The summed E-state index contributed by atoms with van der Waals surface area (Å²) in [4.78, 5) is 14.6. The van der Waals surface area contributed by atoms with E-state index in [0.717, 1.165) is 22.9 Å². The molecule has 1 aliphatic rings. The Kier molecular flexibility index (Phi) is 7.13. The highest BCUT2D eigenvalue weighted by molar-refractivity contribution is 9.10. The second-order valence-corrected chi connectivity index (χ2v) is 6.11. The minimum absolute atomic E-state index is 0. The molecular formula is C15H22BrClN2O2. The van der Waals surface area contributed by atoms with Crippen molar-refractivity contribution in [2.75, 3.05) is 20.2 Å². The molecular weight excluding hydrogens is 356 g/mol. The van der Waals surface area contributed by atoms with Crippen LogP contribution >= 0.6 is 28.3 Å². The maximum absolute atomic E-state index is 12.7. The third-order valence-electron chi connectivity index (χ3n) is 3.89. The van der Waals surface area contributed by atoms with E-state index in [9.17, 15) is 4.79 Å². The van der Waals surface area contributed by atoms with Crippen molar-refractivity contribution >= 4 is 34.2 Å². The summed E-state index contributed by atoms with van der Waals surface area (Å²) >= 11 is 3.48. The Bertz CT molecular complexity index is 499. The summed E-state index contributed by atoms with van der Waals surface area (Å²) in [7, 11) is 1.71. The molecule has 0 spiro atoms. The molecule has 1 aromatic carbocycles. The van der Waals surface area contributed by atoms with E-state index < -0.39 is 0 Å². The molecule has 2 unspecified atom stereocenters. The van der Waals surface area contributed by atoms with Crippen LogP contribution in [0.15, 0.2) is 22.7 Å². The first-order valence-electron chi connectivity index (χ1n) is 6.86. The van der Waals surface area contributed by atoms with Crippen molar-refractivity contribution in [2.24, 2.45) is 5.73 Å². The average molecular weight is 378 g/mol. The average Bonchev–Trinajstić information content (AvgIpc) is 2.46. The van der Waals surface area contributed by atoms with Gasteiger partial charge in [-0.3, -0.25) is 4.79 Å². The number of carbonyl (C=O) groups is 1. The molecule has 1 fully saturated rings. The lowest BCUT2D eigenvalue weighted by Crippen LogP contribution is -2.51. The lowest BCUT2D eigenvalue weighted by Gasteiger charge is -2.38. The normalized spacial score (nSPS) is 21.8. The molecule has 1 aromatic rings. The zero-order valence-corrected chi connectivity index (χ0v) is 14.7. The minimum atomic E-state index is 0. The Morgan fingerprint density at radius 3 is 2.81 bits per heavy atom. The number of methoxy groups -OCH3 is 1.